The summed E-state index contributed by atoms with van der Waals surface area (Å²) in [5.74, 6) is -1.07. The Morgan fingerprint density at radius 3 is 2.28 bits per heavy atom. The van der Waals surface area contributed by atoms with E-state index >= 15 is 0 Å². The minimum Gasteiger partial charge on any atom is -0.423 e. The summed E-state index contributed by atoms with van der Waals surface area (Å²) in [4.78, 5) is 36.1. The van der Waals surface area contributed by atoms with Crippen molar-refractivity contribution >= 4 is 51.5 Å². The third-order valence-corrected chi connectivity index (χ3v) is 5.14. The normalized spacial score (nSPS) is 10.6. The van der Waals surface area contributed by atoms with Gasteiger partial charge in [-0.2, -0.15) is 5.10 Å². The average molecular weight is 515 g/mol. The molecule has 3 aromatic rings. The highest BCUT2D eigenvalue weighted by Crippen LogP contribution is 2.19. The van der Waals surface area contributed by atoms with Gasteiger partial charge in [0.15, 0.2) is 0 Å². The van der Waals surface area contributed by atoms with Crippen LogP contribution < -0.4 is 15.5 Å². The van der Waals surface area contributed by atoms with Crippen molar-refractivity contribution in [3.8, 4) is 5.75 Å². The minimum absolute atomic E-state index is 0.259. The summed E-state index contributed by atoms with van der Waals surface area (Å²) in [6.45, 7) is -0.259. The first-order valence-electron chi connectivity index (χ1n) is 9.35. The minimum atomic E-state index is -0.499. The predicted molar refractivity (Wildman–Crippen MR) is 125 cm³/mol. The molecule has 2 amide bonds. The van der Waals surface area contributed by atoms with Crippen molar-refractivity contribution in [2.75, 3.05) is 6.54 Å². The maximum atomic E-state index is 12.2. The third kappa shape index (κ3) is 6.50. The van der Waals surface area contributed by atoms with Gasteiger partial charge in [0.2, 0.25) is 0 Å². The Labute approximate surface area is 197 Å². The largest absolute Gasteiger partial charge is 0.423 e. The molecule has 32 heavy (non-hydrogen) atoms. The maximum Gasteiger partial charge on any atom is 0.344 e. The van der Waals surface area contributed by atoms with Crippen molar-refractivity contribution in [2.45, 2.75) is 0 Å². The molecule has 2 N–H and O–H groups in total. The first kappa shape index (κ1) is 23.2. The molecule has 0 aromatic heterocycles. The number of carbonyl (C=O) groups excluding carboxylic acids is 3. The molecule has 9 heteroatoms. The van der Waals surface area contributed by atoms with Gasteiger partial charge in [0.25, 0.3) is 11.8 Å². The fourth-order valence-electron chi connectivity index (χ4n) is 2.53. The van der Waals surface area contributed by atoms with E-state index in [1.54, 1.807) is 72.8 Å². The fourth-order valence-corrected chi connectivity index (χ4v) is 3.20. The maximum absolute atomic E-state index is 12.2. The van der Waals surface area contributed by atoms with Gasteiger partial charge in [-0.25, -0.2) is 10.2 Å². The first-order valence-corrected chi connectivity index (χ1v) is 10.5. The fraction of sp³-hybridized carbons (Fsp3) is 0.0435. The van der Waals surface area contributed by atoms with Crippen molar-refractivity contribution < 1.29 is 19.1 Å². The third-order valence-electron chi connectivity index (χ3n) is 4.12. The molecule has 0 atom stereocenters. The molecule has 0 fully saturated rings. The molecule has 0 aliphatic carbocycles. The van der Waals surface area contributed by atoms with E-state index in [1.807, 2.05) is 0 Å². The predicted octanol–water partition coefficient (Wildman–Crippen LogP) is 4.20. The topological polar surface area (TPSA) is 96.9 Å². The van der Waals surface area contributed by atoms with Gasteiger partial charge in [-0.05, 0) is 70.0 Å². The van der Waals surface area contributed by atoms with Crippen molar-refractivity contribution in [3.63, 3.8) is 0 Å². The summed E-state index contributed by atoms with van der Waals surface area (Å²) >= 11 is 9.26. The Hall–Kier alpha value is -3.49. The number of halogens is 2. The summed E-state index contributed by atoms with van der Waals surface area (Å²) < 4.78 is 5.99. The van der Waals surface area contributed by atoms with Crippen LogP contribution in [0.25, 0.3) is 0 Å². The number of amides is 2. The molecular weight excluding hydrogens is 498 g/mol. The number of esters is 1. The standard InChI is InChI=1S/C23H17BrClN3O4/c24-19-7-3-1-5-17(19)23(31)32-16-11-9-15(10-12-16)13-27-28-21(29)14-26-22(30)18-6-2-4-8-20(18)25/h1-13H,14H2,(H,26,30)(H,28,29)/b27-13-. The van der Waals surface area contributed by atoms with Crippen LogP contribution >= 0.6 is 27.5 Å². The van der Waals surface area contributed by atoms with Crippen LogP contribution in [0.2, 0.25) is 5.02 Å². The Bertz CT molecular complexity index is 1170. The number of hydrogen-bond donors (Lipinski definition) is 2. The van der Waals surface area contributed by atoms with Gasteiger partial charge < -0.3 is 10.1 Å². The molecule has 3 rings (SSSR count). The van der Waals surface area contributed by atoms with E-state index in [0.29, 0.717) is 26.4 Å². The Morgan fingerprint density at radius 2 is 1.59 bits per heavy atom. The highest BCUT2D eigenvalue weighted by Gasteiger charge is 2.12. The lowest BCUT2D eigenvalue weighted by Crippen LogP contribution is -2.35. The zero-order valence-electron chi connectivity index (χ0n) is 16.5. The highest BCUT2D eigenvalue weighted by molar-refractivity contribution is 9.10. The number of benzene rings is 3. The van der Waals surface area contributed by atoms with Crippen LogP contribution in [0.15, 0.2) is 82.4 Å². The SMILES string of the molecule is O=C(CNC(=O)c1ccccc1Cl)N/N=C\c1ccc(OC(=O)c2ccccc2Br)cc1. The second-order valence-electron chi connectivity index (χ2n) is 6.39. The number of nitrogens with zero attached hydrogens (tertiary/aromatic N) is 1. The van der Waals surface area contributed by atoms with E-state index in [0.717, 1.165) is 0 Å². The van der Waals surface area contributed by atoms with Gasteiger partial charge in [0.05, 0.1) is 28.9 Å². The van der Waals surface area contributed by atoms with E-state index in [9.17, 15) is 14.4 Å². The Kier molecular flexibility index (Phi) is 8.13. The van der Waals surface area contributed by atoms with E-state index in [4.69, 9.17) is 16.3 Å². The van der Waals surface area contributed by atoms with Gasteiger partial charge in [-0.15, -0.1) is 0 Å². The Balaban J connectivity index is 1.47. The van der Waals surface area contributed by atoms with E-state index < -0.39 is 17.8 Å². The van der Waals surface area contributed by atoms with Gasteiger partial charge in [0, 0.05) is 4.47 Å². The van der Waals surface area contributed by atoms with Crippen LogP contribution in [0.4, 0.5) is 0 Å². The molecular formula is C23H17BrClN3O4. The molecule has 0 aliphatic heterocycles. The molecule has 3 aromatic carbocycles. The number of rotatable bonds is 7. The molecule has 0 heterocycles. The van der Waals surface area contributed by atoms with Crippen LogP contribution in [-0.2, 0) is 4.79 Å². The van der Waals surface area contributed by atoms with Crippen LogP contribution in [0.5, 0.6) is 5.75 Å². The summed E-state index contributed by atoms with van der Waals surface area (Å²) in [5, 5.41) is 6.61. The zero-order chi connectivity index (χ0) is 22.9. The lowest BCUT2D eigenvalue weighted by Gasteiger charge is -2.06. The van der Waals surface area contributed by atoms with Crippen LogP contribution in [0.1, 0.15) is 26.3 Å². The van der Waals surface area contributed by atoms with Gasteiger partial charge in [-0.3, -0.25) is 9.59 Å². The molecule has 0 unspecified atom stereocenters. The number of nitrogens with one attached hydrogen (secondary N) is 2. The number of ether oxygens (including phenoxy) is 1. The first-order chi connectivity index (χ1) is 15.4. The van der Waals surface area contributed by atoms with Crippen molar-refractivity contribution in [3.05, 3.63) is 99.0 Å². The van der Waals surface area contributed by atoms with Crippen molar-refractivity contribution in [1.29, 1.82) is 0 Å². The molecule has 0 spiro atoms. The van der Waals surface area contributed by atoms with E-state index in [2.05, 4.69) is 31.8 Å². The lowest BCUT2D eigenvalue weighted by atomic mass is 10.2. The monoisotopic (exact) mass is 513 g/mol. The second kappa shape index (κ2) is 11.2. The zero-order valence-corrected chi connectivity index (χ0v) is 18.9. The molecule has 7 nitrogen and oxygen atoms in total. The van der Waals surface area contributed by atoms with Crippen LogP contribution in [-0.4, -0.2) is 30.5 Å². The number of hydrazone groups is 1. The Morgan fingerprint density at radius 1 is 0.938 bits per heavy atom. The molecule has 0 radical (unpaired) electrons. The number of hydrogen-bond acceptors (Lipinski definition) is 5. The lowest BCUT2D eigenvalue weighted by molar-refractivity contribution is -0.120. The second-order valence-corrected chi connectivity index (χ2v) is 7.66. The molecule has 162 valence electrons. The molecule has 0 aliphatic rings. The molecule has 0 saturated heterocycles. The van der Waals surface area contributed by atoms with E-state index in [1.165, 1.54) is 6.21 Å². The van der Waals surface area contributed by atoms with Crippen molar-refractivity contribution in [1.82, 2.24) is 10.7 Å². The number of carbonyl (C=O) groups is 3. The molecule has 0 bridgehead atoms. The summed E-state index contributed by atoms with van der Waals surface area (Å²) in [7, 11) is 0. The summed E-state index contributed by atoms with van der Waals surface area (Å²) in [6.07, 6.45) is 1.42. The van der Waals surface area contributed by atoms with E-state index in [-0.39, 0.29) is 12.1 Å². The average Bonchev–Trinajstić information content (AvgIpc) is 2.79. The highest BCUT2D eigenvalue weighted by atomic mass is 79.9. The summed E-state index contributed by atoms with van der Waals surface area (Å²) in [6, 6.07) is 20.1. The van der Waals surface area contributed by atoms with Crippen LogP contribution in [0, 0.1) is 0 Å². The molecule has 0 saturated carbocycles. The quantitative estimate of drug-likeness (QED) is 0.214. The van der Waals surface area contributed by atoms with Gasteiger partial charge in [0.1, 0.15) is 5.75 Å². The summed E-state index contributed by atoms with van der Waals surface area (Å²) in [5.41, 5.74) is 3.69. The van der Waals surface area contributed by atoms with Crippen LogP contribution in [0.3, 0.4) is 0 Å². The van der Waals surface area contributed by atoms with Gasteiger partial charge in [-0.1, -0.05) is 35.9 Å². The van der Waals surface area contributed by atoms with Gasteiger partial charge >= 0.3 is 5.97 Å². The smallest absolute Gasteiger partial charge is 0.344 e. The van der Waals surface area contributed by atoms with Crippen molar-refractivity contribution in [2.24, 2.45) is 5.10 Å².